The van der Waals surface area contributed by atoms with Crippen molar-refractivity contribution in [2.75, 3.05) is 25.6 Å². The smallest absolute Gasteiger partial charge is 0.416 e. The standard InChI is InChI=1S/C20H22F3NO3/c1-3-16(14-7-5-4-6-8-14)19(25)24-17-13-15(20(21,22)23)9-10-18(17)27-12-11-26-2/h4-10,13,16H,3,11-12H2,1-2H3,(H,24,25). The molecule has 2 aromatic rings. The summed E-state index contributed by atoms with van der Waals surface area (Å²) in [6.45, 7) is 2.27. The first kappa shape index (κ1) is 20.8. The lowest BCUT2D eigenvalue weighted by atomic mass is 9.95. The quantitative estimate of drug-likeness (QED) is 0.664. The van der Waals surface area contributed by atoms with Gasteiger partial charge in [0.25, 0.3) is 0 Å². The van der Waals surface area contributed by atoms with E-state index in [0.717, 1.165) is 17.7 Å². The number of methoxy groups -OCH3 is 1. The van der Waals surface area contributed by atoms with Gasteiger partial charge in [0, 0.05) is 7.11 Å². The summed E-state index contributed by atoms with van der Waals surface area (Å²) in [5.74, 6) is -0.705. The lowest BCUT2D eigenvalue weighted by Gasteiger charge is -2.19. The maximum Gasteiger partial charge on any atom is 0.416 e. The van der Waals surface area contributed by atoms with Gasteiger partial charge in [-0.1, -0.05) is 37.3 Å². The Labute approximate surface area is 156 Å². The zero-order valence-electron chi connectivity index (χ0n) is 15.2. The molecule has 0 radical (unpaired) electrons. The number of alkyl halides is 3. The van der Waals surface area contributed by atoms with Crippen molar-refractivity contribution < 1.29 is 27.4 Å². The van der Waals surface area contributed by atoms with Crippen molar-refractivity contribution in [2.24, 2.45) is 0 Å². The van der Waals surface area contributed by atoms with E-state index in [1.54, 1.807) is 0 Å². The number of ether oxygens (including phenoxy) is 2. The van der Waals surface area contributed by atoms with E-state index in [2.05, 4.69) is 5.32 Å². The van der Waals surface area contributed by atoms with Gasteiger partial charge in [-0.25, -0.2) is 0 Å². The molecule has 0 heterocycles. The molecule has 0 fully saturated rings. The van der Waals surface area contributed by atoms with E-state index in [0.29, 0.717) is 6.42 Å². The zero-order valence-corrected chi connectivity index (χ0v) is 15.2. The first-order valence-corrected chi connectivity index (χ1v) is 8.55. The molecule has 7 heteroatoms. The van der Waals surface area contributed by atoms with Crippen LogP contribution in [-0.4, -0.2) is 26.2 Å². The summed E-state index contributed by atoms with van der Waals surface area (Å²) < 4.78 is 49.5. The molecule has 0 aromatic heterocycles. The first-order valence-electron chi connectivity index (χ1n) is 8.55. The molecule has 2 rings (SSSR count). The summed E-state index contributed by atoms with van der Waals surface area (Å²) in [5, 5.41) is 2.59. The molecule has 0 aliphatic heterocycles. The molecule has 1 atom stereocenters. The van der Waals surface area contributed by atoms with Crippen molar-refractivity contribution >= 4 is 11.6 Å². The molecular formula is C20H22F3NO3. The van der Waals surface area contributed by atoms with Crippen LogP contribution >= 0.6 is 0 Å². The molecule has 0 saturated heterocycles. The maximum absolute atomic E-state index is 13.1. The minimum atomic E-state index is -4.52. The summed E-state index contributed by atoms with van der Waals surface area (Å²) in [4.78, 5) is 12.7. The third kappa shape index (κ3) is 5.72. The van der Waals surface area contributed by atoms with Crippen molar-refractivity contribution in [1.82, 2.24) is 0 Å². The fourth-order valence-electron chi connectivity index (χ4n) is 2.64. The van der Waals surface area contributed by atoms with Crippen molar-refractivity contribution in [3.63, 3.8) is 0 Å². The number of nitrogens with one attached hydrogen (secondary N) is 1. The van der Waals surface area contributed by atoms with Crippen LogP contribution in [0.2, 0.25) is 0 Å². The number of rotatable bonds is 8. The highest BCUT2D eigenvalue weighted by Gasteiger charge is 2.31. The van der Waals surface area contributed by atoms with Gasteiger partial charge in [-0.05, 0) is 30.2 Å². The van der Waals surface area contributed by atoms with Crippen LogP contribution in [0.25, 0.3) is 0 Å². The molecule has 0 aliphatic carbocycles. The monoisotopic (exact) mass is 381 g/mol. The Kier molecular flexibility index (Phi) is 7.24. The molecule has 0 bridgehead atoms. The summed E-state index contributed by atoms with van der Waals surface area (Å²) in [6, 6.07) is 12.1. The highest BCUT2D eigenvalue weighted by molar-refractivity contribution is 5.97. The van der Waals surface area contributed by atoms with Crippen LogP contribution in [0.15, 0.2) is 48.5 Å². The van der Waals surface area contributed by atoms with Gasteiger partial charge in [0.1, 0.15) is 12.4 Å². The Balaban J connectivity index is 2.28. The Bertz CT molecular complexity index is 748. The van der Waals surface area contributed by atoms with Crippen molar-refractivity contribution in [2.45, 2.75) is 25.4 Å². The van der Waals surface area contributed by atoms with Gasteiger partial charge >= 0.3 is 6.18 Å². The largest absolute Gasteiger partial charge is 0.489 e. The molecule has 1 amide bonds. The van der Waals surface area contributed by atoms with Crippen LogP contribution < -0.4 is 10.1 Å². The number of carbonyl (C=O) groups is 1. The van der Waals surface area contributed by atoms with Gasteiger partial charge in [-0.15, -0.1) is 0 Å². The fourth-order valence-corrected chi connectivity index (χ4v) is 2.64. The number of benzene rings is 2. The topological polar surface area (TPSA) is 47.6 Å². The fraction of sp³-hybridized carbons (Fsp3) is 0.350. The molecule has 0 spiro atoms. The summed E-state index contributed by atoms with van der Waals surface area (Å²) in [6.07, 6.45) is -4.01. The zero-order chi connectivity index (χ0) is 19.9. The van der Waals surface area contributed by atoms with E-state index in [9.17, 15) is 18.0 Å². The van der Waals surface area contributed by atoms with Gasteiger partial charge < -0.3 is 14.8 Å². The molecular weight excluding hydrogens is 359 g/mol. The Morgan fingerprint density at radius 1 is 1.11 bits per heavy atom. The van der Waals surface area contributed by atoms with Crippen LogP contribution in [0, 0.1) is 0 Å². The minimum Gasteiger partial charge on any atom is -0.489 e. The average molecular weight is 381 g/mol. The summed E-state index contributed by atoms with van der Waals surface area (Å²) >= 11 is 0. The predicted molar refractivity (Wildman–Crippen MR) is 96.9 cm³/mol. The molecule has 146 valence electrons. The number of amides is 1. The number of halogens is 3. The predicted octanol–water partition coefficient (Wildman–Crippen LogP) is 4.86. The average Bonchev–Trinajstić information content (AvgIpc) is 2.63. The second kappa shape index (κ2) is 9.41. The highest BCUT2D eigenvalue weighted by Crippen LogP contribution is 2.35. The van der Waals surface area contributed by atoms with E-state index in [-0.39, 0.29) is 30.6 Å². The molecule has 1 unspecified atom stereocenters. The number of hydrogen-bond donors (Lipinski definition) is 1. The van der Waals surface area contributed by atoms with E-state index in [1.165, 1.54) is 13.2 Å². The number of carbonyl (C=O) groups excluding carboxylic acids is 1. The second-order valence-electron chi connectivity index (χ2n) is 5.91. The van der Waals surface area contributed by atoms with Crippen LogP contribution in [0.1, 0.15) is 30.4 Å². The Morgan fingerprint density at radius 2 is 1.81 bits per heavy atom. The molecule has 4 nitrogen and oxygen atoms in total. The molecule has 2 aromatic carbocycles. The minimum absolute atomic E-state index is 0.0136. The SMILES string of the molecule is CCC(C(=O)Nc1cc(C(F)(F)F)ccc1OCCOC)c1ccccc1. The van der Waals surface area contributed by atoms with Gasteiger partial charge in [-0.2, -0.15) is 13.2 Å². The lowest BCUT2D eigenvalue weighted by Crippen LogP contribution is -2.21. The van der Waals surface area contributed by atoms with Crippen LogP contribution in [0.5, 0.6) is 5.75 Å². The number of hydrogen-bond acceptors (Lipinski definition) is 3. The normalized spacial score (nSPS) is 12.5. The maximum atomic E-state index is 13.1. The second-order valence-corrected chi connectivity index (χ2v) is 5.91. The van der Waals surface area contributed by atoms with Gasteiger partial charge in [0.05, 0.1) is 23.8 Å². The Morgan fingerprint density at radius 3 is 2.41 bits per heavy atom. The van der Waals surface area contributed by atoms with E-state index in [4.69, 9.17) is 9.47 Å². The van der Waals surface area contributed by atoms with E-state index >= 15 is 0 Å². The van der Waals surface area contributed by atoms with Gasteiger partial charge in [0.2, 0.25) is 5.91 Å². The van der Waals surface area contributed by atoms with Crippen LogP contribution in [0.3, 0.4) is 0 Å². The first-order chi connectivity index (χ1) is 12.9. The number of anilines is 1. The lowest BCUT2D eigenvalue weighted by molar-refractivity contribution is -0.137. The van der Waals surface area contributed by atoms with Crippen LogP contribution in [0.4, 0.5) is 18.9 Å². The van der Waals surface area contributed by atoms with Crippen molar-refractivity contribution in [1.29, 1.82) is 0 Å². The highest BCUT2D eigenvalue weighted by atomic mass is 19.4. The van der Waals surface area contributed by atoms with E-state index < -0.39 is 17.7 Å². The molecule has 27 heavy (non-hydrogen) atoms. The molecule has 1 N–H and O–H groups in total. The molecule has 0 saturated carbocycles. The summed E-state index contributed by atoms with van der Waals surface area (Å²) in [5.41, 5.74) is -0.0729. The van der Waals surface area contributed by atoms with Gasteiger partial charge in [-0.3, -0.25) is 4.79 Å². The van der Waals surface area contributed by atoms with Crippen molar-refractivity contribution in [3.8, 4) is 5.75 Å². The van der Waals surface area contributed by atoms with Crippen molar-refractivity contribution in [3.05, 3.63) is 59.7 Å². The Hall–Kier alpha value is -2.54. The molecule has 0 aliphatic rings. The van der Waals surface area contributed by atoms with Crippen LogP contribution in [-0.2, 0) is 15.7 Å². The summed E-state index contributed by atoms with van der Waals surface area (Å²) in [7, 11) is 1.49. The third-order valence-corrected chi connectivity index (χ3v) is 4.04. The van der Waals surface area contributed by atoms with E-state index in [1.807, 2.05) is 37.3 Å². The van der Waals surface area contributed by atoms with Gasteiger partial charge in [0.15, 0.2) is 0 Å². The third-order valence-electron chi connectivity index (χ3n) is 4.04.